The summed E-state index contributed by atoms with van der Waals surface area (Å²) in [6.45, 7) is 6.04. The molecule has 1 N–H and O–H groups in total. The lowest BCUT2D eigenvalue weighted by molar-refractivity contribution is -0.150. The number of carbonyl (C=O) groups is 1. The zero-order chi connectivity index (χ0) is 11.2. The summed E-state index contributed by atoms with van der Waals surface area (Å²) in [7, 11) is 0. The molecule has 0 fully saturated rings. The van der Waals surface area contributed by atoms with Crippen LogP contribution in [-0.4, -0.2) is 22.4 Å². The molecule has 82 valence electrons. The summed E-state index contributed by atoms with van der Waals surface area (Å²) < 4.78 is 5.36. The van der Waals surface area contributed by atoms with Gasteiger partial charge in [0.25, 0.3) is 0 Å². The second-order valence-electron chi connectivity index (χ2n) is 3.25. The number of nitrogens with one attached hydrogen (secondary N) is 1. The molecule has 0 aromatic rings. The van der Waals surface area contributed by atoms with E-state index in [1.165, 1.54) is 0 Å². The van der Waals surface area contributed by atoms with Gasteiger partial charge in [0.15, 0.2) is 0 Å². The average molecular weight is 235 g/mol. The summed E-state index contributed by atoms with van der Waals surface area (Å²) in [4.78, 5) is 11.6. The van der Waals surface area contributed by atoms with Crippen molar-refractivity contribution >= 4 is 35.1 Å². The molecule has 0 aromatic heterocycles. The first-order valence-corrected chi connectivity index (χ1v) is 5.50. The van der Waals surface area contributed by atoms with Crippen LogP contribution in [0, 0.1) is 0 Å². The Kier molecular flexibility index (Phi) is 6.11. The third kappa shape index (κ3) is 4.28. The van der Waals surface area contributed by atoms with Crippen LogP contribution in [0.2, 0.25) is 0 Å². The number of esters is 1. The first-order chi connectivity index (χ1) is 6.46. The van der Waals surface area contributed by atoms with Crippen molar-refractivity contribution < 1.29 is 9.53 Å². The van der Waals surface area contributed by atoms with Gasteiger partial charge in [-0.2, -0.15) is 0 Å². The van der Waals surface area contributed by atoms with Gasteiger partial charge in [-0.3, -0.25) is 0 Å². The molecule has 0 saturated heterocycles. The van der Waals surface area contributed by atoms with Crippen LogP contribution in [0.4, 0.5) is 0 Å². The molecule has 0 bridgehead atoms. The van der Waals surface area contributed by atoms with E-state index in [1.807, 2.05) is 13.8 Å². The summed E-state index contributed by atoms with van der Waals surface area (Å²) in [6, 6.07) is 0. The Hall–Kier alpha value is -0.290. The highest BCUT2D eigenvalue weighted by Gasteiger charge is 2.32. The lowest BCUT2D eigenvalue weighted by atomic mass is 10.00. The van der Waals surface area contributed by atoms with Crippen molar-refractivity contribution in [3.8, 4) is 0 Å². The van der Waals surface area contributed by atoms with E-state index in [0.717, 1.165) is 6.42 Å². The van der Waals surface area contributed by atoms with Crippen LogP contribution >= 0.6 is 24.8 Å². The molecule has 1 unspecified atom stereocenters. The first-order valence-electron chi connectivity index (χ1n) is 4.64. The van der Waals surface area contributed by atoms with Gasteiger partial charge in [-0.1, -0.05) is 26.1 Å². The molecular formula is C9H17NO2S2. The van der Waals surface area contributed by atoms with E-state index in [1.54, 1.807) is 6.92 Å². The van der Waals surface area contributed by atoms with E-state index in [0.29, 0.717) is 17.3 Å². The van der Waals surface area contributed by atoms with Crippen LogP contribution in [0.1, 0.15) is 33.6 Å². The van der Waals surface area contributed by atoms with E-state index in [4.69, 9.17) is 17.0 Å². The highest BCUT2D eigenvalue weighted by atomic mass is 32.1. The van der Waals surface area contributed by atoms with Gasteiger partial charge in [0, 0.05) is 0 Å². The fourth-order valence-electron chi connectivity index (χ4n) is 0.874. The molecule has 3 nitrogen and oxygen atoms in total. The van der Waals surface area contributed by atoms with Crippen LogP contribution < -0.4 is 5.32 Å². The minimum atomic E-state index is -0.756. The summed E-state index contributed by atoms with van der Waals surface area (Å²) in [5, 5.41) is 2.84. The van der Waals surface area contributed by atoms with Crippen molar-refractivity contribution in [1.29, 1.82) is 0 Å². The summed E-state index contributed by atoms with van der Waals surface area (Å²) in [5.41, 5.74) is -0.756. The number of hydrogen-bond acceptors (Lipinski definition) is 3. The second-order valence-corrected chi connectivity index (χ2v) is 4.41. The monoisotopic (exact) mass is 235 g/mol. The Bertz CT molecular complexity index is 221. The van der Waals surface area contributed by atoms with Crippen LogP contribution in [0.5, 0.6) is 0 Å². The third-order valence-electron chi connectivity index (χ3n) is 1.98. The Morgan fingerprint density at radius 3 is 2.50 bits per heavy atom. The van der Waals surface area contributed by atoms with E-state index in [2.05, 4.69) is 17.9 Å². The highest BCUT2D eigenvalue weighted by molar-refractivity contribution is 8.11. The number of thiocarbonyl (C=S) groups is 1. The van der Waals surface area contributed by atoms with E-state index < -0.39 is 5.54 Å². The smallest absolute Gasteiger partial charge is 0.331 e. The minimum absolute atomic E-state index is 0.279. The van der Waals surface area contributed by atoms with Crippen LogP contribution in [-0.2, 0) is 9.53 Å². The second kappa shape index (κ2) is 6.24. The maximum Gasteiger partial charge on any atom is 0.331 e. The molecule has 0 amide bonds. The van der Waals surface area contributed by atoms with Crippen molar-refractivity contribution in [3.05, 3.63) is 0 Å². The molecular weight excluding hydrogens is 218 g/mol. The van der Waals surface area contributed by atoms with Gasteiger partial charge in [0.05, 0.1) is 6.61 Å². The average Bonchev–Trinajstić information content (AvgIpc) is 2.12. The zero-order valence-corrected chi connectivity index (χ0v) is 10.5. The van der Waals surface area contributed by atoms with E-state index >= 15 is 0 Å². The molecule has 0 saturated carbocycles. The fourth-order valence-corrected chi connectivity index (χ4v) is 1.35. The predicted octanol–water partition coefficient (Wildman–Crippen LogP) is 1.91. The van der Waals surface area contributed by atoms with Crippen molar-refractivity contribution in [2.45, 2.75) is 39.2 Å². The van der Waals surface area contributed by atoms with Gasteiger partial charge >= 0.3 is 5.97 Å². The quantitative estimate of drug-likeness (QED) is 0.434. The minimum Gasteiger partial charge on any atom is -0.464 e. The Labute approximate surface area is 96.0 Å². The SMILES string of the molecule is CCCOC(=O)C(C)(CC)NC(=S)S. The maximum absolute atomic E-state index is 11.6. The predicted molar refractivity (Wildman–Crippen MR) is 64.7 cm³/mol. The van der Waals surface area contributed by atoms with Gasteiger partial charge < -0.3 is 10.1 Å². The zero-order valence-electron chi connectivity index (χ0n) is 8.79. The molecule has 0 spiro atoms. The van der Waals surface area contributed by atoms with Gasteiger partial charge in [-0.25, -0.2) is 4.79 Å². The molecule has 0 aliphatic carbocycles. The van der Waals surface area contributed by atoms with Gasteiger partial charge in [0.1, 0.15) is 9.86 Å². The highest BCUT2D eigenvalue weighted by Crippen LogP contribution is 2.12. The van der Waals surface area contributed by atoms with Crippen molar-refractivity contribution in [1.82, 2.24) is 5.32 Å². The van der Waals surface area contributed by atoms with Crippen LogP contribution in [0.3, 0.4) is 0 Å². The molecule has 5 heteroatoms. The van der Waals surface area contributed by atoms with Gasteiger partial charge in [-0.15, -0.1) is 12.6 Å². The molecule has 0 aliphatic heterocycles. The molecule has 0 rings (SSSR count). The molecule has 1 atom stereocenters. The molecule has 0 aromatic carbocycles. The van der Waals surface area contributed by atoms with Crippen molar-refractivity contribution in [2.24, 2.45) is 0 Å². The number of rotatable bonds is 5. The lowest BCUT2D eigenvalue weighted by Gasteiger charge is -2.27. The standard InChI is InChI=1S/C9H17NO2S2/c1-4-6-12-7(11)9(3,5-2)10-8(13)14/h4-6H2,1-3H3,(H2,10,13,14). The Morgan fingerprint density at radius 1 is 1.57 bits per heavy atom. The van der Waals surface area contributed by atoms with E-state index in [9.17, 15) is 4.79 Å². The van der Waals surface area contributed by atoms with Gasteiger partial charge in [0.2, 0.25) is 0 Å². The number of ether oxygens (including phenoxy) is 1. The van der Waals surface area contributed by atoms with Crippen LogP contribution in [0.25, 0.3) is 0 Å². The summed E-state index contributed by atoms with van der Waals surface area (Å²) in [6.07, 6.45) is 1.42. The third-order valence-corrected chi connectivity index (χ3v) is 2.19. The van der Waals surface area contributed by atoms with Crippen molar-refractivity contribution in [3.63, 3.8) is 0 Å². The molecule has 0 heterocycles. The fraction of sp³-hybridized carbons (Fsp3) is 0.778. The number of thiol groups is 1. The summed E-state index contributed by atoms with van der Waals surface area (Å²) in [5.74, 6) is -0.279. The molecule has 0 aliphatic rings. The normalized spacial score (nSPS) is 14.3. The van der Waals surface area contributed by atoms with Crippen LogP contribution in [0.15, 0.2) is 0 Å². The lowest BCUT2D eigenvalue weighted by Crippen LogP contribution is -2.51. The van der Waals surface area contributed by atoms with Gasteiger partial charge in [-0.05, 0) is 19.8 Å². The molecule has 0 radical (unpaired) electrons. The summed E-state index contributed by atoms with van der Waals surface area (Å²) >= 11 is 8.73. The first kappa shape index (κ1) is 13.7. The Balaban J connectivity index is 4.34. The topological polar surface area (TPSA) is 38.3 Å². The number of carbonyl (C=O) groups excluding carboxylic acids is 1. The van der Waals surface area contributed by atoms with E-state index in [-0.39, 0.29) is 5.97 Å². The Morgan fingerprint density at radius 2 is 2.14 bits per heavy atom. The van der Waals surface area contributed by atoms with Crippen molar-refractivity contribution in [2.75, 3.05) is 6.61 Å². The number of hydrogen-bond donors (Lipinski definition) is 2. The maximum atomic E-state index is 11.6. The molecule has 14 heavy (non-hydrogen) atoms. The largest absolute Gasteiger partial charge is 0.464 e.